The summed E-state index contributed by atoms with van der Waals surface area (Å²) < 4.78 is 5.78. The Morgan fingerprint density at radius 2 is 1.55 bits per heavy atom. The molecular formula is C18H34O2. The Hall–Kier alpha value is -0.790. The average molecular weight is 282 g/mol. The minimum absolute atomic E-state index is 0.230. The molecule has 0 fully saturated rings. The van der Waals surface area contributed by atoms with E-state index in [0.29, 0.717) is 5.57 Å². The minimum Gasteiger partial charge on any atom is -0.456 e. The predicted molar refractivity (Wildman–Crippen MR) is 86.8 cm³/mol. The molecule has 118 valence electrons. The highest BCUT2D eigenvalue weighted by Gasteiger charge is 2.31. The van der Waals surface area contributed by atoms with Crippen molar-refractivity contribution in [2.45, 2.75) is 97.5 Å². The maximum Gasteiger partial charge on any atom is 0.333 e. The van der Waals surface area contributed by atoms with Crippen molar-refractivity contribution in [3.05, 3.63) is 12.2 Å². The first-order chi connectivity index (χ1) is 9.51. The Balaban J connectivity index is 4.31. The SMILES string of the molecule is C=C(C)C(=O)OC(CC)(CCC)CCCCCCCC. The first kappa shape index (κ1) is 19.2. The van der Waals surface area contributed by atoms with Crippen LogP contribution in [0.4, 0.5) is 0 Å². The Kier molecular flexibility index (Phi) is 10.5. The van der Waals surface area contributed by atoms with Crippen LogP contribution in [0.3, 0.4) is 0 Å². The molecule has 0 spiro atoms. The molecule has 2 heteroatoms. The Morgan fingerprint density at radius 1 is 0.950 bits per heavy atom. The molecule has 0 aliphatic heterocycles. The molecule has 20 heavy (non-hydrogen) atoms. The molecule has 1 atom stereocenters. The van der Waals surface area contributed by atoms with Gasteiger partial charge >= 0.3 is 5.97 Å². The Bertz CT molecular complexity index is 283. The number of rotatable bonds is 12. The molecule has 0 saturated carbocycles. The van der Waals surface area contributed by atoms with Crippen LogP contribution in [0.25, 0.3) is 0 Å². The van der Waals surface area contributed by atoms with Gasteiger partial charge in [-0.05, 0) is 32.6 Å². The predicted octanol–water partition coefficient (Wildman–Crippen LogP) is 5.81. The molecule has 1 unspecified atom stereocenters. The molecule has 0 rings (SSSR count). The van der Waals surface area contributed by atoms with Gasteiger partial charge in [-0.25, -0.2) is 4.79 Å². The van der Waals surface area contributed by atoms with Crippen LogP contribution in [0.2, 0.25) is 0 Å². The van der Waals surface area contributed by atoms with E-state index < -0.39 is 0 Å². The second kappa shape index (κ2) is 10.9. The van der Waals surface area contributed by atoms with Gasteiger partial charge in [-0.15, -0.1) is 0 Å². The van der Waals surface area contributed by atoms with Gasteiger partial charge in [-0.1, -0.05) is 65.9 Å². The summed E-state index contributed by atoms with van der Waals surface area (Å²) in [6, 6.07) is 0. The number of carbonyl (C=O) groups excluding carboxylic acids is 1. The second-order valence-electron chi connectivity index (χ2n) is 5.97. The van der Waals surface area contributed by atoms with Crippen molar-refractivity contribution in [3.63, 3.8) is 0 Å². The molecule has 0 N–H and O–H groups in total. The molecule has 2 nitrogen and oxygen atoms in total. The minimum atomic E-state index is -0.268. The van der Waals surface area contributed by atoms with Crippen molar-refractivity contribution in [1.29, 1.82) is 0 Å². The van der Waals surface area contributed by atoms with Crippen LogP contribution in [-0.4, -0.2) is 11.6 Å². The lowest BCUT2D eigenvalue weighted by molar-refractivity contribution is -0.157. The van der Waals surface area contributed by atoms with E-state index in [1.807, 2.05) is 0 Å². The van der Waals surface area contributed by atoms with E-state index in [4.69, 9.17) is 4.74 Å². The van der Waals surface area contributed by atoms with Gasteiger partial charge in [-0.3, -0.25) is 0 Å². The third-order valence-corrected chi connectivity index (χ3v) is 3.99. The maximum absolute atomic E-state index is 11.8. The molecule has 0 bridgehead atoms. The van der Waals surface area contributed by atoms with Gasteiger partial charge in [0, 0.05) is 5.57 Å². The molecule has 0 aromatic heterocycles. The molecule has 0 aliphatic rings. The third kappa shape index (κ3) is 7.72. The molecule has 0 saturated heterocycles. The van der Waals surface area contributed by atoms with E-state index in [1.54, 1.807) is 6.92 Å². The van der Waals surface area contributed by atoms with Crippen LogP contribution >= 0.6 is 0 Å². The Labute approximate surface area is 126 Å². The first-order valence-corrected chi connectivity index (χ1v) is 8.40. The number of hydrogen-bond acceptors (Lipinski definition) is 2. The van der Waals surface area contributed by atoms with Crippen molar-refractivity contribution in [1.82, 2.24) is 0 Å². The summed E-state index contributed by atoms with van der Waals surface area (Å²) in [5.41, 5.74) is 0.233. The number of ether oxygens (including phenoxy) is 1. The molecule has 0 aromatic carbocycles. The summed E-state index contributed by atoms with van der Waals surface area (Å²) in [7, 11) is 0. The standard InChI is InChI=1S/C18H34O2/c1-6-9-10-11-12-13-15-18(8-3,14-7-2)20-17(19)16(4)5/h4,6-15H2,1-3,5H3. The third-order valence-electron chi connectivity index (χ3n) is 3.99. The van der Waals surface area contributed by atoms with E-state index in [1.165, 1.54) is 32.1 Å². The lowest BCUT2D eigenvalue weighted by atomic mass is 9.88. The molecule has 0 aliphatic carbocycles. The largest absolute Gasteiger partial charge is 0.456 e. The molecule has 0 radical (unpaired) electrons. The van der Waals surface area contributed by atoms with Gasteiger partial charge in [0.2, 0.25) is 0 Å². The molecule has 0 heterocycles. The van der Waals surface area contributed by atoms with Crippen LogP contribution in [0.5, 0.6) is 0 Å². The zero-order chi connectivity index (χ0) is 15.4. The van der Waals surface area contributed by atoms with Gasteiger partial charge in [-0.2, -0.15) is 0 Å². The molecule has 0 aromatic rings. The van der Waals surface area contributed by atoms with Gasteiger partial charge in [0.15, 0.2) is 0 Å². The summed E-state index contributed by atoms with van der Waals surface area (Å²) in [6.07, 6.45) is 11.5. The smallest absolute Gasteiger partial charge is 0.333 e. The van der Waals surface area contributed by atoms with Crippen LogP contribution < -0.4 is 0 Å². The quantitative estimate of drug-likeness (QED) is 0.257. The fourth-order valence-electron chi connectivity index (χ4n) is 2.62. The van der Waals surface area contributed by atoms with Crippen molar-refractivity contribution < 1.29 is 9.53 Å². The van der Waals surface area contributed by atoms with Crippen LogP contribution in [0, 0.1) is 0 Å². The fourth-order valence-corrected chi connectivity index (χ4v) is 2.62. The van der Waals surface area contributed by atoms with Gasteiger partial charge in [0.25, 0.3) is 0 Å². The number of esters is 1. The van der Waals surface area contributed by atoms with Crippen molar-refractivity contribution in [2.24, 2.45) is 0 Å². The summed E-state index contributed by atoms with van der Waals surface area (Å²) in [5.74, 6) is -0.230. The van der Waals surface area contributed by atoms with Crippen LogP contribution in [-0.2, 0) is 9.53 Å². The highest BCUT2D eigenvalue weighted by Crippen LogP contribution is 2.30. The highest BCUT2D eigenvalue weighted by molar-refractivity contribution is 5.87. The number of hydrogen-bond donors (Lipinski definition) is 0. The van der Waals surface area contributed by atoms with E-state index in [0.717, 1.165) is 32.1 Å². The van der Waals surface area contributed by atoms with Gasteiger partial charge in [0.1, 0.15) is 5.60 Å². The average Bonchev–Trinajstić information content (AvgIpc) is 2.42. The molecule has 0 amide bonds. The second-order valence-corrected chi connectivity index (χ2v) is 5.97. The summed E-state index contributed by atoms with van der Waals surface area (Å²) in [4.78, 5) is 11.8. The van der Waals surface area contributed by atoms with Crippen molar-refractivity contribution >= 4 is 5.97 Å². The lowest BCUT2D eigenvalue weighted by Gasteiger charge is -2.32. The zero-order valence-electron chi connectivity index (χ0n) is 14.1. The van der Waals surface area contributed by atoms with E-state index >= 15 is 0 Å². The summed E-state index contributed by atoms with van der Waals surface area (Å²) in [5, 5.41) is 0. The van der Waals surface area contributed by atoms with E-state index in [-0.39, 0.29) is 11.6 Å². The summed E-state index contributed by atoms with van der Waals surface area (Å²) >= 11 is 0. The van der Waals surface area contributed by atoms with Crippen molar-refractivity contribution in [2.75, 3.05) is 0 Å². The maximum atomic E-state index is 11.8. The van der Waals surface area contributed by atoms with Crippen molar-refractivity contribution in [3.8, 4) is 0 Å². The highest BCUT2D eigenvalue weighted by atomic mass is 16.6. The van der Waals surface area contributed by atoms with E-state index in [2.05, 4.69) is 27.4 Å². The summed E-state index contributed by atoms with van der Waals surface area (Å²) in [6.45, 7) is 11.9. The number of unbranched alkanes of at least 4 members (excludes halogenated alkanes) is 5. The lowest BCUT2D eigenvalue weighted by Crippen LogP contribution is -2.34. The number of carbonyl (C=O) groups is 1. The topological polar surface area (TPSA) is 26.3 Å². The van der Waals surface area contributed by atoms with Gasteiger partial charge in [0.05, 0.1) is 0 Å². The fraction of sp³-hybridized carbons (Fsp3) is 0.833. The normalized spacial score (nSPS) is 13.8. The van der Waals surface area contributed by atoms with Gasteiger partial charge < -0.3 is 4.74 Å². The zero-order valence-corrected chi connectivity index (χ0v) is 14.1. The first-order valence-electron chi connectivity index (χ1n) is 8.40. The molecular weight excluding hydrogens is 248 g/mol. The van der Waals surface area contributed by atoms with Crippen LogP contribution in [0.1, 0.15) is 91.9 Å². The van der Waals surface area contributed by atoms with Crippen LogP contribution in [0.15, 0.2) is 12.2 Å². The Morgan fingerprint density at radius 3 is 2.05 bits per heavy atom. The van der Waals surface area contributed by atoms with E-state index in [9.17, 15) is 4.79 Å². The monoisotopic (exact) mass is 282 g/mol.